The van der Waals surface area contributed by atoms with E-state index in [2.05, 4.69) is 24.5 Å². The molecule has 5 spiro atoms. The molecule has 8 rings (SSSR count). The number of cyclic esters (lactones) is 1. The van der Waals surface area contributed by atoms with E-state index in [4.69, 9.17) is 14.2 Å². The van der Waals surface area contributed by atoms with Gasteiger partial charge in [0.25, 0.3) is 5.91 Å². The van der Waals surface area contributed by atoms with Gasteiger partial charge in [0.1, 0.15) is 23.2 Å². The first-order valence-electron chi connectivity index (χ1n) is 22.4. The number of amides is 3. The molecule has 13 heteroatoms. The maximum Gasteiger partial charge on any atom is 0.510 e. The van der Waals surface area contributed by atoms with Crippen LogP contribution in [-0.4, -0.2) is 111 Å². The van der Waals surface area contributed by atoms with Crippen molar-refractivity contribution in [2.75, 3.05) is 20.7 Å². The van der Waals surface area contributed by atoms with Crippen LogP contribution in [0.15, 0.2) is 24.3 Å². The molecule has 5 aliphatic carbocycles. The van der Waals surface area contributed by atoms with Crippen molar-refractivity contribution in [1.82, 2.24) is 20.4 Å². The van der Waals surface area contributed by atoms with Crippen LogP contribution in [-0.2, 0) is 28.7 Å². The van der Waals surface area contributed by atoms with Gasteiger partial charge in [0.15, 0.2) is 6.10 Å². The molecule has 0 radical (unpaired) electrons. The molecule has 1 aromatic rings. The Kier molecular flexibility index (Phi) is 10.5. The molecule has 7 fully saturated rings. The van der Waals surface area contributed by atoms with E-state index in [-0.39, 0.29) is 53.8 Å². The number of ether oxygens (including phenoxy) is 3. The van der Waals surface area contributed by atoms with Crippen molar-refractivity contribution in [3.05, 3.63) is 29.8 Å². The highest BCUT2D eigenvalue weighted by molar-refractivity contribution is 5.98. The maximum atomic E-state index is 14.9. The van der Waals surface area contributed by atoms with Gasteiger partial charge in [0.2, 0.25) is 29.2 Å². The second-order valence-electron chi connectivity index (χ2n) is 20.2. The van der Waals surface area contributed by atoms with Gasteiger partial charge in [-0.1, -0.05) is 60.1 Å². The van der Waals surface area contributed by atoms with E-state index >= 15 is 0 Å². The first-order valence-corrected chi connectivity index (χ1v) is 22.4. The number of nitrogens with zero attached hydrogens (tertiary/aromatic N) is 2. The zero-order chi connectivity index (χ0) is 42.4. The Balaban J connectivity index is 1.18. The predicted octanol–water partition coefficient (Wildman–Crippen LogP) is 4.54. The third kappa shape index (κ3) is 6.66. The van der Waals surface area contributed by atoms with Crippen LogP contribution in [0, 0.1) is 34.5 Å². The summed E-state index contributed by atoms with van der Waals surface area (Å²) in [4.78, 5) is 73.3. The van der Waals surface area contributed by atoms with Crippen molar-refractivity contribution in [3.8, 4) is 5.75 Å². The first kappa shape index (κ1) is 42.0. The molecule has 3 amide bonds. The summed E-state index contributed by atoms with van der Waals surface area (Å²) in [5.74, 6) is -1.21. The van der Waals surface area contributed by atoms with Crippen molar-refractivity contribution in [2.24, 2.45) is 34.5 Å². The van der Waals surface area contributed by atoms with Crippen LogP contribution >= 0.6 is 0 Å². The number of esters is 2. The average Bonchev–Trinajstić information content (AvgIpc) is 3.96. The van der Waals surface area contributed by atoms with Gasteiger partial charge >= 0.3 is 11.9 Å². The highest BCUT2D eigenvalue weighted by Crippen LogP contribution is 2.74. The smallest absolute Gasteiger partial charge is 0.497 e. The normalized spacial score (nSPS) is 37.4. The summed E-state index contributed by atoms with van der Waals surface area (Å²) in [6, 6.07) is 5.93. The number of methoxy groups -OCH3 is 1. The summed E-state index contributed by atoms with van der Waals surface area (Å²) in [5.41, 5.74) is -2.45. The van der Waals surface area contributed by atoms with Gasteiger partial charge in [0, 0.05) is 37.9 Å². The molecule has 2 aliphatic heterocycles. The minimum absolute atomic E-state index is 0.0396. The van der Waals surface area contributed by atoms with Crippen molar-refractivity contribution >= 4 is 29.7 Å². The first-order chi connectivity index (χ1) is 28.0. The number of nitrogens with one attached hydrogen (secondary N) is 2. The van der Waals surface area contributed by atoms with E-state index in [9.17, 15) is 29.1 Å². The van der Waals surface area contributed by atoms with Crippen molar-refractivity contribution in [1.29, 1.82) is 0 Å². The quantitative estimate of drug-likeness (QED) is 0.311. The summed E-state index contributed by atoms with van der Waals surface area (Å²) < 4.78 is 18.4. The second kappa shape index (κ2) is 14.7. The number of carbonyl (C=O) groups is 4. The molecule has 2 saturated heterocycles. The van der Waals surface area contributed by atoms with Crippen LogP contribution in [0.4, 0.5) is 0 Å². The van der Waals surface area contributed by atoms with E-state index in [1.54, 1.807) is 24.0 Å². The third-order valence-electron chi connectivity index (χ3n) is 16.1. The Morgan fingerprint density at radius 3 is 2.22 bits per heavy atom. The zero-order valence-electron chi connectivity index (χ0n) is 36.4. The van der Waals surface area contributed by atoms with Gasteiger partial charge in [-0.2, -0.15) is 0 Å². The minimum Gasteiger partial charge on any atom is -0.497 e. The molecule has 7 aliphatic rings. The molecule has 0 bridgehead atoms. The Morgan fingerprint density at radius 1 is 1.00 bits per heavy atom. The number of fused-ring (bicyclic) bond motifs is 3. The highest BCUT2D eigenvalue weighted by atomic mass is 16.6. The van der Waals surface area contributed by atoms with E-state index in [0.29, 0.717) is 50.8 Å². The molecule has 59 heavy (non-hydrogen) atoms. The molecule has 1 aromatic carbocycles. The van der Waals surface area contributed by atoms with Crippen LogP contribution in [0.1, 0.15) is 130 Å². The van der Waals surface area contributed by atoms with Crippen molar-refractivity contribution in [2.45, 2.75) is 166 Å². The van der Waals surface area contributed by atoms with E-state index in [0.717, 1.165) is 37.7 Å². The summed E-state index contributed by atoms with van der Waals surface area (Å²) in [6.07, 6.45) is 5.59. The van der Waals surface area contributed by atoms with Crippen LogP contribution in [0.25, 0.3) is 0 Å². The fourth-order valence-corrected chi connectivity index (χ4v) is 12.1. The predicted molar refractivity (Wildman–Crippen MR) is 221 cm³/mol. The SMILES string of the molecule is CC[C@@H]1[C@H](C)C12NC([OH2+])C1(CC1)C1(CC1)OC(=[OH+])C1(CC1c1ccc(OC)cc1)N(C)C(=O)[C@@H]1CCCN1C(=O)[C@H](CC(C)C)NC(=O)[C@H](C(C)C)OC(=O)CC21CC1. The number of hydrogen-bond donors (Lipinski definition) is 2. The largest absolute Gasteiger partial charge is 0.510 e. The van der Waals surface area contributed by atoms with Crippen molar-refractivity contribution < 1.29 is 43.3 Å². The fourth-order valence-electron chi connectivity index (χ4n) is 12.1. The van der Waals surface area contributed by atoms with Crippen LogP contribution in [0.2, 0.25) is 0 Å². The Labute approximate surface area is 349 Å². The van der Waals surface area contributed by atoms with E-state index in [1.165, 1.54) is 0 Å². The topological polar surface area (TPSA) is 171 Å². The monoisotopic (exact) mass is 820 g/mol. The second-order valence-corrected chi connectivity index (χ2v) is 20.2. The lowest BCUT2D eigenvalue weighted by Gasteiger charge is -2.35. The molecular formula is C46H68N4O9+2. The zero-order valence-corrected chi connectivity index (χ0v) is 36.4. The lowest BCUT2D eigenvalue weighted by atomic mass is 9.84. The van der Waals surface area contributed by atoms with Crippen molar-refractivity contribution in [3.63, 3.8) is 0 Å². The number of rotatable bonds is 6. The van der Waals surface area contributed by atoms with Gasteiger partial charge in [-0.3, -0.25) is 19.2 Å². The van der Waals surface area contributed by atoms with Gasteiger partial charge in [-0.15, -0.1) is 0 Å². The molecular weight excluding hydrogens is 753 g/mol. The molecule has 5 saturated carbocycles. The number of benzene rings is 1. The summed E-state index contributed by atoms with van der Waals surface area (Å²) >= 11 is 0. The Bertz CT molecular complexity index is 1850. The molecule has 2 heterocycles. The average molecular weight is 821 g/mol. The number of hydrogen-bond acceptors (Lipinski definition) is 8. The molecule has 9 atom stereocenters. The highest BCUT2D eigenvalue weighted by Gasteiger charge is 2.84. The minimum atomic E-state index is -1.19. The van der Waals surface area contributed by atoms with Crippen LogP contribution < -0.4 is 15.4 Å². The van der Waals surface area contributed by atoms with Gasteiger partial charge in [0.05, 0.1) is 13.5 Å². The lowest BCUT2D eigenvalue weighted by molar-refractivity contribution is -0.161. The number of carbonyl (C=O) groups excluding carboxylic acids is 5. The summed E-state index contributed by atoms with van der Waals surface area (Å²) in [6.45, 7) is 12.4. The molecule has 324 valence electrons. The standard InChI is InChI=1S/C46H66N4O9/c1-9-31-28(6)46(31)42(16-17-42)25-35(51)58-36(27(4)5)37(52)47-33(23-26(2)3)38(53)50-22-10-11-34(50)39(54)49(7)45(24-32(45)29-12-14-30(57-8)15-13-29)41(56)59-44(20-21-44)43(18-19-43)40(55)48-46/h12-15,26-28,31-34,36,40,48,55H,9-11,16-25H2,1-8H3,(H,47,52)/p+2/t28-,31+,32?,33-,34-,36-,40?,45?,46?/m0/s1. The Hall–Kier alpha value is -3.71. The third-order valence-corrected chi connectivity index (χ3v) is 16.1. The summed E-state index contributed by atoms with van der Waals surface area (Å²) in [7, 11) is 3.32. The van der Waals surface area contributed by atoms with E-state index < -0.39 is 63.8 Å². The van der Waals surface area contributed by atoms with Gasteiger partial charge < -0.3 is 39.2 Å². The van der Waals surface area contributed by atoms with Crippen LogP contribution in [0.3, 0.4) is 0 Å². The lowest BCUT2D eigenvalue weighted by Crippen LogP contribution is -2.58. The van der Waals surface area contributed by atoms with E-state index in [1.807, 2.05) is 52.0 Å². The molecule has 13 nitrogen and oxygen atoms in total. The molecule has 0 aromatic heterocycles. The van der Waals surface area contributed by atoms with Gasteiger partial charge in [-0.05, 0) is 98.1 Å². The Morgan fingerprint density at radius 2 is 1.68 bits per heavy atom. The summed E-state index contributed by atoms with van der Waals surface area (Å²) in [5, 5.41) is 16.7. The maximum absolute atomic E-state index is 14.9. The molecule has 5 N–H and O–H groups in total. The molecule has 4 unspecified atom stereocenters. The van der Waals surface area contributed by atoms with Gasteiger partial charge in [-0.25, -0.2) is 5.32 Å². The fraction of sp³-hybridized carbons (Fsp3) is 0.761. The van der Waals surface area contributed by atoms with Crippen LogP contribution in [0.5, 0.6) is 5.75 Å². The number of likely N-dealkylation sites (N-methyl/N-ethyl adjacent to an activating group) is 1.